The van der Waals surface area contributed by atoms with E-state index in [1.54, 1.807) is 18.2 Å². The lowest BCUT2D eigenvalue weighted by Gasteiger charge is -2.20. The smallest absolute Gasteiger partial charge is 0.331 e. The minimum absolute atomic E-state index is 0.250. The van der Waals surface area contributed by atoms with E-state index in [0.29, 0.717) is 10.6 Å². The van der Waals surface area contributed by atoms with Crippen LogP contribution in [0.3, 0.4) is 0 Å². The summed E-state index contributed by atoms with van der Waals surface area (Å²) in [5.41, 5.74) is -0.821. The van der Waals surface area contributed by atoms with E-state index < -0.39 is 11.5 Å². The molecule has 0 spiro atoms. The summed E-state index contributed by atoms with van der Waals surface area (Å²) >= 11 is 12.0. The number of aliphatic carboxylic acids is 1. The first-order valence-corrected chi connectivity index (χ1v) is 6.08. The molecule has 0 unspecified atom stereocenters. The molecule has 0 aliphatic rings. The molecule has 0 aliphatic heterocycles. The van der Waals surface area contributed by atoms with E-state index in [1.165, 1.54) is 18.5 Å². The van der Waals surface area contributed by atoms with Gasteiger partial charge in [-0.2, -0.15) is 0 Å². The monoisotopic (exact) mass is 300 g/mol. The second-order valence-corrected chi connectivity index (χ2v) is 5.17. The van der Waals surface area contributed by atoms with Crippen LogP contribution >= 0.6 is 23.2 Å². The summed E-state index contributed by atoms with van der Waals surface area (Å²) in [6.45, 7) is 2.99. The SMILES string of the molecule is CC(C)(C(=O)O)n1nnnc1-c1cccc(Cl)c1Cl. The number of benzene rings is 1. The van der Waals surface area contributed by atoms with Crippen molar-refractivity contribution in [1.82, 2.24) is 20.2 Å². The highest BCUT2D eigenvalue weighted by Crippen LogP contribution is 2.33. The van der Waals surface area contributed by atoms with Crippen molar-refractivity contribution in [2.24, 2.45) is 0 Å². The quantitative estimate of drug-likeness (QED) is 0.941. The predicted octanol–water partition coefficient (Wildman–Crippen LogP) is 2.47. The van der Waals surface area contributed by atoms with Crippen LogP contribution in [0.2, 0.25) is 10.0 Å². The van der Waals surface area contributed by atoms with Crippen molar-refractivity contribution in [2.75, 3.05) is 0 Å². The molecule has 19 heavy (non-hydrogen) atoms. The van der Waals surface area contributed by atoms with Gasteiger partial charge in [0.25, 0.3) is 0 Å². The van der Waals surface area contributed by atoms with Gasteiger partial charge in [0.15, 0.2) is 11.4 Å². The van der Waals surface area contributed by atoms with Gasteiger partial charge in [-0.15, -0.1) is 5.10 Å². The Kier molecular flexibility index (Phi) is 3.47. The summed E-state index contributed by atoms with van der Waals surface area (Å²) in [7, 11) is 0. The molecule has 1 N–H and O–H groups in total. The Hall–Kier alpha value is -1.66. The maximum absolute atomic E-state index is 11.3. The molecule has 0 aliphatic carbocycles. The van der Waals surface area contributed by atoms with Gasteiger partial charge in [-0.1, -0.05) is 29.3 Å². The number of hydrogen-bond acceptors (Lipinski definition) is 4. The van der Waals surface area contributed by atoms with E-state index in [4.69, 9.17) is 23.2 Å². The Morgan fingerprint density at radius 3 is 2.68 bits per heavy atom. The predicted molar refractivity (Wildman–Crippen MR) is 70.2 cm³/mol. The van der Waals surface area contributed by atoms with E-state index in [-0.39, 0.29) is 10.8 Å². The summed E-state index contributed by atoms with van der Waals surface area (Å²) in [6.07, 6.45) is 0. The van der Waals surface area contributed by atoms with Crippen molar-refractivity contribution in [3.63, 3.8) is 0 Å². The fourth-order valence-corrected chi connectivity index (χ4v) is 1.88. The molecule has 1 heterocycles. The van der Waals surface area contributed by atoms with Gasteiger partial charge in [-0.3, -0.25) is 0 Å². The molecule has 0 saturated heterocycles. The van der Waals surface area contributed by atoms with E-state index in [9.17, 15) is 9.90 Å². The van der Waals surface area contributed by atoms with Crippen LogP contribution in [0.15, 0.2) is 18.2 Å². The highest BCUT2D eigenvalue weighted by molar-refractivity contribution is 6.43. The maximum Gasteiger partial charge on any atom is 0.331 e. The Bertz CT molecular complexity index is 639. The van der Waals surface area contributed by atoms with Crippen LogP contribution in [0, 0.1) is 0 Å². The van der Waals surface area contributed by atoms with Gasteiger partial charge in [0.2, 0.25) is 0 Å². The molecule has 0 atom stereocenters. The number of aromatic nitrogens is 4. The van der Waals surface area contributed by atoms with Crippen molar-refractivity contribution in [3.05, 3.63) is 28.2 Å². The van der Waals surface area contributed by atoms with E-state index in [1.807, 2.05) is 0 Å². The zero-order valence-electron chi connectivity index (χ0n) is 10.1. The minimum Gasteiger partial charge on any atom is -0.479 e. The lowest BCUT2D eigenvalue weighted by molar-refractivity contribution is -0.146. The zero-order chi connectivity index (χ0) is 14.2. The molecule has 8 heteroatoms. The highest BCUT2D eigenvalue weighted by Gasteiger charge is 2.34. The molecule has 100 valence electrons. The Labute approximate surface area is 118 Å². The molecule has 6 nitrogen and oxygen atoms in total. The minimum atomic E-state index is -1.30. The molecule has 0 fully saturated rings. The van der Waals surface area contributed by atoms with Crippen molar-refractivity contribution in [1.29, 1.82) is 0 Å². The first-order chi connectivity index (χ1) is 8.85. The Morgan fingerprint density at radius 1 is 1.37 bits per heavy atom. The van der Waals surface area contributed by atoms with Gasteiger partial charge >= 0.3 is 5.97 Å². The van der Waals surface area contributed by atoms with Crippen molar-refractivity contribution in [2.45, 2.75) is 19.4 Å². The van der Waals surface area contributed by atoms with Crippen LogP contribution < -0.4 is 0 Å². The second kappa shape index (κ2) is 4.79. The van der Waals surface area contributed by atoms with E-state index in [2.05, 4.69) is 15.5 Å². The summed E-state index contributed by atoms with van der Waals surface area (Å²) < 4.78 is 1.20. The standard InChI is InChI=1S/C11H10Cl2N4O2/c1-11(2,10(18)19)17-9(14-15-16-17)6-4-3-5-7(12)8(6)13/h3-5H,1-2H3,(H,18,19). The molecule has 2 rings (SSSR count). The topological polar surface area (TPSA) is 80.9 Å². The van der Waals surface area contributed by atoms with Crippen LogP contribution in [0.4, 0.5) is 0 Å². The molecular formula is C11H10Cl2N4O2. The van der Waals surface area contributed by atoms with Gasteiger partial charge in [-0.25, -0.2) is 9.48 Å². The second-order valence-electron chi connectivity index (χ2n) is 4.38. The number of hydrogen-bond donors (Lipinski definition) is 1. The molecule has 1 aromatic heterocycles. The average Bonchev–Trinajstić information content (AvgIpc) is 2.82. The fraction of sp³-hybridized carbons (Fsp3) is 0.273. The Morgan fingerprint density at radius 2 is 2.05 bits per heavy atom. The number of carbonyl (C=O) groups is 1. The Balaban J connectivity index is 2.63. The summed E-state index contributed by atoms with van der Waals surface area (Å²) in [5, 5.41) is 20.9. The average molecular weight is 301 g/mol. The van der Waals surface area contributed by atoms with Crippen LogP contribution in [-0.2, 0) is 10.3 Å². The van der Waals surface area contributed by atoms with E-state index >= 15 is 0 Å². The first kappa shape index (κ1) is 13.8. The molecule has 1 aromatic carbocycles. The third-order valence-electron chi connectivity index (χ3n) is 2.71. The summed E-state index contributed by atoms with van der Waals surface area (Å²) in [4.78, 5) is 11.3. The third kappa shape index (κ3) is 2.29. The summed E-state index contributed by atoms with van der Waals surface area (Å²) in [6, 6.07) is 4.99. The van der Waals surface area contributed by atoms with Crippen LogP contribution in [0.5, 0.6) is 0 Å². The largest absolute Gasteiger partial charge is 0.479 e. The number of carboxylic acid groups (broad SMARTS) is 1. The highest BCUT2D eigenvalue weighted by atomic mass is 35.5. The van der Waals surface area contributed by atoms with Crippen molar-refractivity contribution >= 4 is 29.2 Å². The molecular weight excluding hydrogens is 291 g/mol. The number of nitrogens with zero attached hydrogens (tertiary/aromatic N) is 4. The zero-order valence-corrected chi connectivity index (χ0v) is 11.6. The lowest BCUT2D eigenvalue weighted by atomic mass is 10.1. The normalized spacial score (nSPS) is 11.6. The van der Waals surface area contributed by atoms with E-state index in [0.717, 1.165) is 0 Å². The van der Waals surface area contributed by atoms with Gasteiger partial charge in [0, 0.05) is 5.56 Å². The lowest BCUT2D eigenvalue weighted by Crippen LogP contribution is -2.37. The van der Waals surface area contributed by atoms with Gasteiger partial charge in [-0.05, 0) is 36.4 Å². The first-order valence-electron chi connectivity index (χ1n) is 5.32. The third-order valence-corrected chi connectivity index (χ3v) is 3.53. The fourth-order valence-electron chi connectivity index (χ4n) is 1.50. The van der Waals surface area contributed by atoms with Crippen LogP contribution in [-0.4, -0.2) is 31.3 Å². The summed E-state index contributed by atoms with van der Waals surface area (Å²) in [5.74, 6) is -0.806. The molecule has 0 saturated carbocycles. The number of rotatable bonds is 3. The molecule has 2 aromatic rings. The van der Waals surface area contributed by atoms with Gasteiger partial charge in [0.05, 0.1) is 10.0 Å². The van der Waals surface area contributed by atoms with Crippen LogP contribution in [0.25, 0.3) is 11.4 Å². The van der Waals surface area contributed by atoms with Crippen molar-refractivity contribution in [3.8, 4) is 11.4 Å². The van der Waals surface area contributed by atoms with Crippen LogP contribution in [0.1, 0.15) is 13.8 Å². The maximum atomic E-state index is 11.3. The number of halogens is 2. The molecule has 0 bridgehead atoms. The van der Waals surface area contributed by atoms with Gasteiger partial charge < -0.3 is 5.11 Å². The number of carboxylic acids is 1. The van der Waals surface area contributed by atoms with Crippen molar-refractivity contribution < 1.29 is 9.90 Å². The molecule has 0 radical (unpaired) electrons. The number of tetrazole rings is 1. The molecule has 0 amide bonds. The van der Waals surface area contributed by atoms with Gasteiger partial charge in [0.1, 0.15) is 0 Å².